The third-order valence-electron chi connectivity index (χ3n) is 2.38. The second-order valence-electron chi connectivity index (χ2n) is 3.45. The van der Waals surface area contributed by atoms with Crippen molar-refractivity contribution in [3.8, 4) is 0 Å². The molecule has 6 heteroatoms. The first-order chi connectivity index (χ1) is 7.27. The van der Waals surface area contributed by atoms with E-state index in [9.17, 15) is 0 Å². The Labute approximate surface area is 102 Å². The van der Waals surface area contributed by atoms with Crippen LogP contribution in [0.1, 0.15) is 12.8 Å². The fourth-order valence-electron chi connectivity index (χ4n) is 1.52. The Balaban J connectivity index is 2.06. The summed E-state index contributed by atoms with van der Waals surface area (Å²) in [5.41, 5.74) is 5.68. The van der Waals surface area contributed by atoms with Gasteiger partial charge in [0.05, 0.1) is 0 Å². The van der Waals surface area contributed by atoms with E-state index in [1.165, 1.54) is 30.7 Å². The van der Waals surface area contributed by atoms with Crippen LogP contribution in [0.4, 0.5) is 11.6 Å². The Morgan fingerprint density at radius 1 is 1.40 bits per heavy atom. The van der Waals surface area contributed by atoms with E-state index in [0.717, 1.165) is 10.3 Å². The van der Waals surface area contributed by atoms with E-state index in [0.29, 0.717) is 11.9 Å². The number of aromatic nitrogens is 2. The van der Waals surface area contributed by atoms with Gasteiger partial charge in [-0.2, -0.15) is 11.8 Å². The summed E-state index contributed by atoms with van der Waals surface area (Å²) in [6.45, 7) is 0. The fourth-order valence-corrected chi connectivity index (χ4v) is 2.95. The first-order valence-electron chi connectivity index (χ1n) is 4.87. The molecule has 0 aromatic carbocycles. The lowest BCUT2D eigenvalue weighted by Crippen LogP contribution is -2.25. The average molecular weight is 289 g/mol. The van der Waals surface area contributed by atoms with Gasteiger partial charge in [-0.05, 0) is 40.3 Å². The van der Waals surface area contributed by atoms with Crippen molar-refractivity contribution in [2.45, 2.75) is 18.9 Å². The summed E-state index contributed by atoms with van der Waals surface area (Å²) < 4.78 is 0.767. The zero-order chi connectivity index (χ0) is 10.7. The lowest BCUT2D eigenvalue weighted by atomic mass is 10.1. The Morgan fingerprint density at radius 2 is 2.13 bits per heavy atom. The predicted octanol–water partition coefficient (Wildman–Crippen LogP) is 2.13. The van der Waals surface area contributed by atoms with Gasteiger partial charge >= 0.3 is 0 Å². The largest absolute Gasteiger partial charge is 0.383 e. The number of thioether (sulfide) groups is 1. The third kappa shape index (κ3) is 2.75. The summed E-state index contributed by atoms with van der Waals surface area (Å²) in [6, 6.07) is 0.511. The number of rotatable bonds is 2. The molecule has 4 nitrogen and oxygen atoms in total. The molecular weight excluding hydrogens is 276 g/mol. The number of hydrogen-bond acceptors (Lipinski definition) is 5. The van der Waals surface area contributed by atoms with Crippen LogP contribution >= 0.6 is 27.7 Å². The van der Waals surface area contributed by atoms with Gasteiger partial charge in [0.25, 0.3) is 0 Å². The zero-order valence-corrected chi connectivity index (χ0v) is 10.6. The standard InChI is InChI=1S/C9H13BrN4S/c10-7-8(11)12-5-13-9(7)14-6-1-3-15-4-2-6/h5-6H,1-4H2,(H3,11,12,13,14). The molecule has 82 valence electrons. The SMILES string of the molecule is Nc1ncnc(NC2CCSCC2)c1Br. The van der Waals surface area contributed by atoms with Gasteiger partial charge < -0.3 is 11.1 Å². The molecule has 1 aromatic rings. The highest BCUT2D eigenvalue weighted by molar-refractivity contribution is 9.10. The molecule has 0 amide bonds. The molecule has 1 aromatic heterocycles. The maximum absolute atomic E-state index is 5.68. The van der Waals surface area contributed by atoms with Crippen LogP contribution < -0.4 is 11.1 Å². The fraction of sp³-hybridized carbons (Fsp3) is 0.556. The minimum Gasteiger partial charge on any atom is -0.383 e. The van der Waals surface area contributed by atoms with E-state index in [1.807, 2.05) is 11.8 Å². The van der Waals surface area contributed by atoms with Crippen LogP contribution in [0.3, 0.4) is 0 Å². The van der Waals surface area contributed by atoms with Gasteiger partial charge in [0, 0.05) is 6.04 Å². The Bertz CT molecular complexity index is 341. The van der Waals surface area contributed by atoms with E-state index >= 15 is 0 Å². The molecule has 2 heterocycles. The van der Waals surface area contributed by atoms with Gasteiger partial charge in [0.15, 0.2) is 0 Å². The van der Waals surface area contributed by atoms with Crippen molar-refractivity contribution in [2.75, 3.05) is 22.6 Å². The summed E-state index contributed by atoms with van der Waals surface area (Å²) in [7, 11) is 0. The maximum Gasteiger partial charge on any atom is 0.146 e. The number of halogens is 1. The topological polar surface area (TPSA) is 63.8 Å². The van der Waals surface area contributed by atoms with Gasteiger partial charge in [0.1, 0.15) is 22.4 Å². The molecule has 2 rings (SSSR count). The third-order valence-corrected chi connectivity index (χ3v) is 4.21. The van der Waals surface area contributed by atoms with Crippen molar-refractivity contribution in [2.24, 2.45) is 0 Å². The monoisotopic (exact) mass is 288 g/mol. The van der Waals surface area contributed by atoms with E-state index < -0.39 is 0 Å². The quantitative estimate of drug-likeness (QED) is 0.873. The molecule has 0 saturated carbocycles. The lowest BCUT2D eigenvalue weighted by molar-refractivity contribution is 0.663. The average Bonchev–Trinajstić information content (AvgIpc) is 2.26. The lowest BCUT2D eigenvalue weighted by Gasteiger charge is -2.23. The highest BCUT2D eigenvalue weighted by Crippen LogP contribution is 2.27. The number of hydrogen-bond donors (Lipinski definition) is 2. The molecule has 3 N–H and O–H groups in total. The van der Waals surface area contributed by atoms with Gasteiger partial charge in [0.2, 0.25) is 0 Å². The molecule has 0 radical (unpaired) electrons. The molecule has 1 aliphatic heterocycles. The van der Waals surface area contributed by atoms with Crippen LogP contribution in [-0.4, -0.2) is 27.5 Å². The smallest absolute Gasteiger partial charge is 0.146 e. The van der Waals surface area contributed by atoms with Crippen LogP contribution in [0.2, 0.25) is 0 Å². The number of nitrogens with two attached hydrogens (primary N) is 1. The highest BCUT2D eigenvalue weighted by Gasteiger charge is 2.15. The Kier molecular flexibility index (Phi) is 3.69. The molecular formula is C9H13BrN4S. The summed E-state index contributed by atoms with van der Waals surface area (Å²) in [5.74, 6) is 3.73. The van der Waals surface area contributed by atoms with Crippen LogP contribution in [0.25, 0.3) is 0 Å². The van der Waals surface area contributed by atoms with Crippen molar-refractivity contribution in [3.05, 3.63) is 10.8 Å². The van der Waals surface area contributed by atoms with Gasteiger partial charge in [-0.15, -0.1) is 0 Å². The number of anilines is 2. The van der Waals surface area contributed by atoms with Crippen LogP contribution in [-0.2, 0) is 0 Å². The minimum absolute atomic E-state index is 0.484. The van der Waals surface area contributed by atoms with E-state index in [-0.39, 0.29) is 0 Å². The predicted molar refractivity (Wildman–Crippen MR) is 68.1 cm³/mol. The van der Waals surface area contributed by atoms with Crippen molar-refractivity contribution in [1.82, 2.24) is 9.97 Å². The first-order valence-corrected chi connectivity index (χ1v) is 6.82. The zero-order valence-electron chi connectivity index (χ0n) is 8.24. The molecule has 0 bridgehead atoms. The molecule has 15 heavy (non-hydrogen) atoms. The van der Waals surface area contributed by atoms with Crippen molar-refractivity contribution in [3.63, 3.8) is 0 Å². The van der Waals surface area contributed by atoms with E-state index in [2.05, 4.69) is 31.2 Å². The molecule has 1 aliphatic rings. The molecule has 1 fully saturated rings. The number of nitrogens with one attached hydrogen (secondary N) is 1. The van der Waals surface area contributed by atoms with Crippen LogP contribution in [0.5, 0.6) is 0 Å². The van der Waals surface area contributed by atoms with E-state index in [4.69, 9.17) is 5.73 Å². The number of nitrogens with zero attached hydrogens (tertiary/aromatic N) is 2. The molecule has 0 atom stereocenters. The maximum atomic E-state index is 5.68. The van der Waals surface area contributed by atoms with Gasteiger partial charge in [-0.3, -0.25) is 0 Å². The second kappa shape index (κ2) is 5.03. The summed E-state index contributed by atoms with van der Waals surface area (Å²) in [4.78, 5) is 8.09. The first kappa shape index (κ1) is 11.0. The van der Waals surface area contributed by atoms with Gasteiger partial charge in [-0.1, -0.05) is 0 Å². The molecule has 1 saturated heterocycles. The van der Waals surface area contributed by atoms with E-state index in [1.54, 1.807) is 0 Å². The minimum atomic E-state index is 0.484. The normalized spacial score (nSPS) is 17.7. The van der Waals surface area contributed by atoms with Crippen LogP contribution in [0, 0.1) is 0 Å². The van der Waals surface area contributed by atoms with Crippen molar-refractivity contribution >= 4 is 39.3 Å². The second-order valence-corrected chi connectivity index (χ2v) is 5.47. The Morgan fingerprint density at radius 3 is 2.87 bits per heavy atom. The highest BCUT2D eigenvalue weighted by atomic mass is 79.9. The molecule has 0 aliphatic carbocycles. The van der Waals surface area contributed by atoms with Crippen molar-refractivity contribution < 1.29 is 0 Å². The summed E-state index contributed by atoms with van der Waals surface area (Å²) in [6.07, 6.45) is 3.85. The summed E-state index contributed by atoms with van der Waals surface area (Å²) in [5, 5.41) is 3.40. The number of nitrogen functional groups attached to an aromatic ring is 1. The van der Waals surface area contributed by atoms with Crippen LogP contribution in [0.15, 0.2) is 10.8 Å². The van der Waals surface area contributed by atoms with Crippen molar-refractivity contribution in [1.29, 1.82) is 0 Å². The Hall–Kier alpha value is -0.490. The summed E-state index contributed by atoms with van der Waals surface area (Å²) >= 11 is 5.40. The van der Waals surface area contributed by atoms with Gasteiger partial charge in [-0.25, -0.2) is 9.97 Å². The molecule has 0 spiro atoms. The molecule has 0 unspecified atom stereocenters.